The van der Waals surface area contributed by atoms with Crippen molar-refractivity contribution in [2.24, 2.45) is 0 Å². The molecule has 8 heteroatoms. The van der Waals surface area contributed by atoms with Crippen LogP contribution < -0.4 is 10.6 Å². The summed E-state index contributed by atoms with van der Waals surface area (Å²) < 4.78 is 32.0. The Morgan fingerprint density at radius 1 is 1.03 bits per heavy atom. The van der Waals surface area contributed by atoms with Gasteiger partial charge in [-0.05, 0) is 70.4 Å². The zero-order valence-electron chi connectivity index (χ0n) is 15.3. The van der Waals surface area contributed by atoms with Crippen LogP contribution in [-0.2, 0) is 11.2 Å². The summed E-state index contributed by atoms with van der Waals surface area (Å²) in [6, 6.07) is 13.0. The minimum atomic E-state index is -0.955. The van der Waals surface area contributed by atoms with Gasteiger partial charge in [-0.1, -0.05) is 18.2 Å². The van der Waals surface area contributed by atoms with Gasteiger partial charge in [-0.3, -0.25) is 9.59 Å². The predicted octanol–water partition coefficient (Wildman–Crippen LogP) is 4.99. The largest absolute Gasteiger partial charge is 0.444 e. The van der Waals surface area contributed by atoms with E-state index in [1.165, 1.54) is 6.07 Å². The van der Waals surface area contributed by atoms with Gasteiger partial charge in [0.2, 0.25) is 5.91 Å². The Morgan fingerprint density at radius 2 is 1.76 bits per heavy atom. The molecule has 0 bridgehead atoms. The van der Waals surface area contributed by atoms with E-state index in [1.807, 2.05) is 0 Å². The van der Waals surface area contributed by atoms with E-state index in [0.29, 0.717) is 15.9 Å². The van der Waals surface area contributed by atoms with Crippen LogP contribution in [0, 0.1) is 11.6 Å². The highest BCUT2D eigenvalue weighted by atomic mass is 79.9. The fourth-order valence-electron chi connectivity index (χ4n) is 2.68. The second-order valence-electron chi connectivity index (χ2n) is 6.39. The zero-order chi connectivity index (χ0) is 21.0. The zero-order valence-corrected chi connectivity index (χ0v) is 16.9. The topological polar surface area (TPSA) is 71.3 Å². The molecule has 0 aliphatic carbocycles. The lowest BCUT2D eigenvalue weighted by Gasteiger charge is -2.15. The molecule has 3 aromatic rings. The van der Waals surface area contributed by atoms with Gasteiger partial charge in [-0.15, -0.1) is 0 Å². The molecule has 2 N–H and O–H groups in total. The summed E-state index contributed by atoms with van der Waals surface area (Å²) in [7, 11) is 0. The number of amides is 2. The van der Waals surface area contributed by atoms with E-state index in [-0.39, 0.29) is 24.0 Å². The normalized spacial score (nSPS) is 11.7. The molecule has 0 fully saturated rings. The molecule has 1 atom stereocenters. The van der Waals surface area contributed by atoms with Crippen molar-refractivity contribution in [3.05, 3.63) is 87.8 Å². The fraction of sp³-hybridized carbons (Fsp3) is 0.143. The molecule has 1 heterocycles. The first-order chi connectivity index (χ1) is 13.8. The van der Waals surface area contributed by atoms with Gasteiger partial charge in [0, 0.05) is 5.69 Å². The first kappa shape index (κ1) is 20.7. The molecular weight excluding hydrogens is 446 g/mol. The number of hydrogen-bond donors (Lipinski definition) is 2. The van der Waals surface area contributed by atoms with Crippen LogP contribution in [-0.4, -0.2) is 11.8 Å². The Hall–Kier alpha value is -3.00. The smallest absolute Gasteiger partial charge is 0.291 e. The van der Waals surface area contributed by atoms with Gasteiger partial charge < -0.3 is 15.1 Å². The second kappa shape index (κ2) is 9.00. The van der Waals surface area contributed by atoms with Gasteiger partial charge >= 0.3 is 0 Å². The van der Waals surface area contributed by atoms with E-state index in [9.17, 15) is 18.4 Å². The maximum Gasteiger partial charge on any atom is 0.291 e. The van der Waals surface area contributed by atoms with Crippen molar-refractivity contribution < 1.29 is 22.8 Å². The van der Waals surface area contributed by atoms with Crippen LogP contribution in [0.1, 0.15) is 34.6 Å². The third-order valence-electron chi connectivity index (χ3n) is 4.19. The lowest BCUT2D eigenvalue weighted by Crippen LogP contribution is -2.28. The molecule has 0 radical (unpaired) electrons. The number of benzene rings is 2. The van der Waals surface area contributed by atoms with Crippen LogP contribution in [0.15, 0.2) is 63.7 Å². The van der Waals surface area contributed by atoms with Gasteiger partial charge in [-0.2, -0.15) is 0 Å². The Kier molecular flexibility index (Phi) is 6.43. The predicted molar refractivity (Wildman–Crippen MR) is 107 cm³/mol. The summed E-state index contributed by atoms with van der Waals surface area (Å²) in [5.41, 5.74) is 1.76. The summed E-state index contributed by atoms with van der Waals surface area (Å²) >= 11 is 3.14. The van der Waals surface area contributed by atoms with Crippen molar-refractivity contribution in [1.29, 1.82) is 0 Å². The molecule has 1 unspecified atom stereocenters. The first-order valence-corrected chi connectivity index (χ1v) is 9.51. The van der Waals surface area contributed by atoms with Crippen LogP contribution in [0.5, 0.6) is 0 Å². The number of carbonyl (C=O) groups is 2. The summed E-state index contributed by atoms with van der Waals surface area (Å²) in [5, 5.41) is 5.44. The van der Waals surface area contributed by atoms with E-state index in [1.54, 1.807) is 43.3 Å². The lowest BCUT2D eigenvalue weighted by atomic mass is 10.1. The Morgan fingerprint density at radius 3 is 2.38 bits per heavy atom. The summed E-state index contributed by atoms with van der Waals surface area (Å²) in [6.45, 7) is 1.69. The molecule has 0 spiro atoms. The van der Waals surface area contributed by atoms with Crippen LogP contribution >= 0.6 is 15.9 Å². The molecule has 150 valence electrons. The maximum atomic E-state index is 13.3. The third kappa shape index (κ3) is 5.51. The Labute approximate surface area is 174 Å². The van der Waals surface area contributed by atoms with E-state index >= 15 is 0 Å². The Balaban J connectivity index is 1.55. The number of carbonyl (C=O) groups excluding carboxylic acids is 2. The minimum Gasteiger partial charge on any atom is -0.444 e. The van der Waals surface area contributed by atoms with E-state index in [2.05, 4.69) is 26.6 Å². The maximum absolute atomic E-state index is 13.3. The molecular formula is C21H17BrF2N2O3. The van der Waals surface area contributed by atoms with Crippen LogP contribution in [0.25, 0.3) is 0 Å². The number of hydrogen-bond acceptors (Lipinski definition) is 3. The summed E-state index contributed by atoms with van der Waals surface area (Å²) in [5.74, 6) is -2.37. The monoisotopic (exact) mass is 462 g/mol. The van der Waals surface area contributed by atoms with Gasteiger partial charge in [-0.25, -0.2) is 8.78 Å². The quantitative estimate of drug-likeness (QED) is 0.541. The van der Waals surface area contributed by atoms with Gasteiger partial charge in [0.1, 0.15) is 0 Å². The van der Waals surface area contributed by atoms with Gasteiger partial charge in [0.05, 0.1) is 12.5 Å². The van der Waals surface area contributed by atoms with E-state index in [4.69, 9.17) is 4.42 Å². The van der Waals surface area contributed by atoms with Crippen molar-refractivity contribution in [3.63, 3.8) is 0 Å². The standard InChI is InChI=1S/C21H17BrF2N2O3/c1-12(14-4-7-16(23)17(24)11-14)25-20(27)10-13-2-5-15(6-3-13)26-21(28)18-8-9-19(22)29-18/h2-9,11-12H,10H2,1H3,(H,25,27)(H,26,28). The number of halogens is 3. The summed E-state index contributed by atoms with van der Waals surface area (Å²) in [4.78, 5) is 24.3. The Bertz CT molecular complexity index is 1030. The van der Waals surface area contributed by atoms with E-state index in [0.717, 1.165) is 17.7 Å². The highest BCUT2D eigenvalue weighted by molar-refractivity contribution is 9.10. The van der Waals surface area contributed by atoms with Crippen molar-refractivity contribution in [1.82, 2.24) is 5.32 Å². The molecule has 0 aliphatic rings. The summed E-state index contributed by atoms with van der Waals surface area (Å²) in [6.07, 6.45) is 0.105. The van der Waals surface area contributed by atoms with Crippen LogP contribution in [0.3, 0.4) is 0 Å². The number of nitrogens with one attached hydrogen (secondary N) is 2. The molecule has 2 amide bonds. The fourth-order valence-corrected chi connectivity index (χ4v) is 2.98. The molecule has 3 rings (SSSR count). The first-order valence-electron chi connectivity index (χ1n) is 8.72. The molecule has 0 saturated carbocycles. The molecule has 29 heavy (non-hydrogen) atoms. The van der Waals surface area contributed by atoms with Crippen molar-refractivity contribution >= 4 is 33.4 Å². The highest BCUT2D eigenvalue weighted by Gasteiger charge is 2.13. The van der Waals surface area contributed by atoms with Crippen molar-refractivity contribution in [2.75, 3.05) is 5.32 Å². The van der Waals surface area contributed by atoms with Crippen molar-refractivity contribution in [3.8, 4) is 0 Å². The van der Waals surface area contributed by atoms with Gasteiger partial charge in [0.15, 0.2) is 22.1 Å². The molecule has 2 aromatic carbocycles. The molecule has 1 aromatic heterocycles. The number of anilines is 1. The van der Waals surface area contributed by atoms with Crippen LogP contribution in [0.2, 0.25) is 0 Å². The third-order valence-corrected chi connectivity index (χ3v) is 4.62. The van der Waals surface area contributed by atoms with Crippen LogP contribution in [0.4, 0.5) is 14.5 Å². The lowest BCUT2D eigenvalue weighted by molar-refractivity contribution is -0.121. The minimum absolute atomic E-state index is 0.105. The number of rotatable bonds is 6. The van der Waals surface area contributed by atoms with Crippen molar-refractivity contribution in [2.45, 2.75) is 19.4 Å². The highest BCUT2D eigenvalue weighted by Crippen LogP contribution is 2.18. The number of furan rings is 1. The average Bonchev–Trinajstić information content (AvgIpc) is 3.12. The molecule has 0 aliphatic heterocycles. The SMILES string of the molecule is CC(NC(=O)Cc1ccc(NC(=O)c2ccc(Br)o2)cc1)c1ccc(F)c(F)c1. The molecule has 5 nitrogen and oxygen atoms in total. The average molecular weight is 463 g/mol. The second-order valence-corrected chi connectivity index (χ2v) is 7.18. The molecule has 0 saturated heterocycles. The van der Waals surface area contributed by atoms with Gasteiger partial charge in [0.25, 0.3) is 5.91 Å². The van der Waals surface area contributed by atoms with E-state index < -0.39 is 17.7 Å².